The number of halogens is 19. The van der Waals surface area contributed by atoms with Crippen LogP contribution in [0.25, 0.3) is 0 Å². The van der Waals surface area contributed by atoms with E-state index in [2.05, 4.69) is 0 Å². The molecule has 0 N–H and O–H groups in total. The average Bonchev–Trinajstić information content (AvgIpc) is 2.43. The minimum atomic E-state index is -8.84. The second kappa shape index (κ2) is 6.61. The van der Waals surface area contributed by atoms with E-state index in [1.807, 2.05) is 0 Å². The molecule has 0 nitrogen and oxygen atoms in total. The summed E-state index contributed by atoms with van der Waals surface area (Å²) in [5, 5.41) is 0. The number of hydrogen-bond acceptors (Lipinski definition) is 0. The van der Waals surface area contributed by atoms with Crippen molar-refractivity contribution < 1.29 is 83.4 Å². The van der Waals surface area contributed by atoms with Gasteiger partial charge in [-0.15, -0.1) is 0 Å². The summed E-state index contributed by atoms with van der Waals surface area (Å²) < 4.78 is 234. The molecule has 0 bridgehead atoms. The maximum absolute atomic E-state index is 13.1. The molecular weight excluding hydrogens is 544 g/mol. The van der Waals surface area contributed by atoms with Gasteiger partial charge in [-0.05, 0) is 0 Å². The van der Waals surface area contributed by atoms with Crippen LogP contribution in [0.4, 0.5) is 83.4 Å². The van der Waals surface area contributed by atoms with Crippen LogP contribution in [0.3, 0.4) is 0 Å². The first-order chi connectivity index (χ1) is 12.0. The molecule has 0 aromatic carbocycles. The molecule has 0 saturated carbocycles. The minimum absolute atomic E-state index is 1.88. The van der Waals surface area contributed by atoms with Gasteiger partial charge in [-0.25, -0.2) is 0 Å². The van der Waals surface area contributed by atoms with Crippen LogP contribution >= 0.6 is 0 Å². The van der Waals surface area contributed by atoms with E-state index >= 15 is 0 Å². The fraction of sp³-hybridized carbons (Fsp3) is 1.00. The van der Waals surface area contributed by atoms with Gasteiger partial charge < -0.3 is 0 Å². The van der Waals surface area contributed by atoms with E-state index < -0.39 is 69.2 Å². The molecular formula is C9H2AsF19. The van der Waals surface area contributed by atoms with Crippen molar-refractivity contribution in [1.29, 1.82) is 0 Å². The maximum atomic E-state index is 13.1. The first-order valence-electron chi connectivity index (χ1n) is 5.88. The summed E-state index contributed by atoms with van der Waals surface area (Å²) in [7, 11) is 0. The molecule has 0 aliphatic carbocycles. The first kappa shape index (κ1) is 28.2. The Morgan fingerprint density at radius 2 is 0.448 bits per heavy atom. The summed E-state index contributed by atoms with van der Waals surface area (Å²) in [5.41, 5.74) is 0. The number of rotatable bonds is 7. The van der Waals surface area contributed by atoms with Crippen LogP contribution < -0.4 is 0 Å². The van der Waals surface area contributed by atoms with Gasteiger partial charge in [-0.1, -0.05) is 0 Å². The summed E-state index contributed by atoms with van der Waals surface area (Å²) in [6.45, 7) is 0. The van der Waals surface area contributed by atoms with Gasteiger partial charge in [-0.3, -0.25) is 0 Å². The van der Waals surface area contributed by atoms with Gasteiger partial charge in [0, 0.05) is 0 Å². The fourth-order valence-corrected chi connectivity index (χ4v) is 1.75. The Morgan fingerprint density at radius 3 is 0.621 bits per heavy atom. The summed E-state index contributed by atoms with van der Waals surface area (Å²) >= 11 is -1.88. The van der Waals surface area contributed by atoms with Gasteiger partial charge >= 0.3 is 153 Å². The van der Waals surface area contributed by atoms with Crippen LogP contribution in [0.2, 0.25) is 0 Å². The third-order valence-corrected chi connectivity index (χ3v) is 3.90. The van der Waals surface area contributed by atoms with Crippen LogP contribution in [0.1, 0.15) is 0 Å². The van der Waals surface area contributed by atoms with Gasteiger partial charge in [-0.2, -0.15) is 0 Å². The molecule has 29 heavy (non-hydrogen) atoms. The average molecular weight is 546 g/mol. The van der Waals surface area contributed by atoms with Gasteiger partial charge in [0.1, 0.15) is 0 Å². The molecule has 0 rings (SSSR count). The molecule has 176 valence electrons. The second-order valence-corrected chi connectivity index (χ2v) is 6.66. The molecule has 0 saturated heterocycles. The van der Waals surface area contributed by atoms with Crippen molar-refractivity contribution in [3.63, 3.8) is 0 Å². The van der Waals surface area contributed by atoms with E-state index in [1.165, 1.54) is 0 Å². The molecule has 1 unspecified atom stereocenters. The van der Waals surface area contributed by atoms with E-state index in [0.717, 1.165) is 0 Å². The summed E-state index contributed by atoms with van der Waals surface area (Å²) in [6, 6.07) is 0. The molecule has 1 atom stereocenters. The molecule has 0 aliphatic rings. The monoisotopic (exact) mass is 546 g/mol. The van der Waals surface area contributed by atoms with Gasteiger partial charge in [0.15, 0.2) is 0 Å². The van der Waals surface area contributed by atoms with Crippen LogP contribution in [0.5, 0.6) is 0 Å². The van der Waals surface area contributed by atoms with Crippen LogP contribution in [0, 0.1) is 0 Å². The van der Waals surface area contributed by atoms with Crippen molar-refractivity contribution in [2.24, 2.45) is 0 Å². The standard InChI is InChI=1S/C9H2AsF19/c10-8(25,26)6(21,22)4(17,18)2(13,14)1(11,12)3(15,16)5(19,20)7(23,24)9(27,28)29/h10H2. The van der Waals surface area contributed by atoms with E-state index in [0.29, 0.717) is 0 Å². The van der Waals surface area contributed by atoms with E-state index in [9.17, 15) is 83.4 Å². The van der Waals surface area contributed by atoms with Gasteiger partial charge in [0.25, 0.3) is 0 Å². The Balaban J connectivity index is 6.82. The Hall–Kier alpha value is -0.772. The Labute approximate surface area is 153 Å². The zero-order valence-corrected chi connectivity index (χ0v) is 14.7. The molecule has 0 spiro atoms. The molecule has 20 heteroatoms. The third-order valence-electron chi connectivity index (χ3n) is 3.14. The van der Waals surface area contributed by atoms with Crippen LogP contribution in [-0.2, 0) is 0 Å². The van der Waals surface area contributed by atoms with E-state index in [1.54, 1.807) is 0 Å². The van der Waals surface area contributed by atoms with E-state index in [4.69, 9.17) is 0 Å². The summed E-state index contributed by atoms with van der Waals surface area (Å²) in [6.07, 6.45) is -7.86. The molecule has 0 radical (unpaired) electrons. The summed E-state index contributed by atoms with van der Waals surface area (Å²) in [5.74, 6) is -59.3. The zero-order valence-electron chi connectivity index (χ0n) is 12.3. The van der Waals surface area contributed by atoms with Crippen molar-refractivity contribution in [2.75, 3.05) is 0 Å². The fourth-order valence-electron chi connectivity index (χ4n) is 1.37. The normalized spacial score (nSPS) is 17.0. The van der Waals surface area contributed by atoms with Crippen molar-refractivity contribution in [3.8, 4) is 0 Å². The quantitative estimate of drug-likeness (QED) is 0.304. The Bertz CT molecular complexity index is 554. The summed E-state index contributed by atoms with van der Waals surface area (Å²) in [4.78, 5) is 0. The van der Waals surface area contributed by atoms with Gasteiger partial charge in [0.05, 0.1) is 0 Å². The van der Waals surface area contributed by atoms with Crippen molar-refractivity contribution in [3.05, 3.63) is 0 Å². The van der Waals surface area contributed by atoms with Crippen molar-refractivity contribution in [2.45, 2.75) is 52.3 Å². The SMILES string of the molecule is FC(F)(F)C(F)(F)C(F)(F)C(F)(F)C(F)(F)C(F)(F)C(F)(F)C(F)(F)C(F)(F)[AsH2]. The first-order valence-corrected chi connectivity index (χ1v) is 7.09. The predicted molar refractivity (Wildman–Crippen MR) is 54.2 cm³/mol. The topological polar surface area (TPSA) is 0 Å². The number of hydrogen-bond donors (Lipinski definition) is 0. The van der Waals surface area contributed by atoms with E-state index in [-0.39, 0.29) is 0 Å². The Kier molecular flexibility index (Phi) is 6.44. The van der Waals surface area contributed by atoms with Crippen molar-refractivity contribution in [1.82, 2.24) is 0 Å². The van der Waals surface area contributed by atoms with Gasteiger partial charge in [0.2, 0.25) is 0 Å². The molecule has 0 heterocycles. The third kappa shape index (κ3) is 3.42. The van der Waals surface area contributed by atoms with Crippen LogP contribution in [0.15, 0.2) is 0 Å². The molecule has 0 fully saturated rings. The van der Waals surface area contributed by atoms with Crippen LogP contribution in [-0.4, -0.2) is 69.2 Å². The molecule has 0 aliphatic heterocycles. The second-order valence-electron chi connectivity index (χ2n) is 5.14. The zero-order chi connectivity index (χ0) is 24.5. The molecule has 0 aromatic rings. The molecule has 0 amide bonds. The molecule has 0 aromatic heterocycles. The number of alkyl halides is 19. The van der Waals surface area contributed by atoms with Crippen molar-refractivity contribution >= 4 is 16.9 Å². The predicted octanol–water partition coefficient (Wildman–Crippen LogP) is 5.22. The Morgan fingerprint density at radius 1 is 0.276 bits per heavy atom.